The summed E-state index contributed by atoms with van der Waals surface area (Å²) in [6.07, 6.45) is 4.21. The zero-order valence-electron chi connectivity index (χ0n) is 22.2. The largest absolute Gasteiger partial charge is 0.481 e. The first-order valence-electron chi connectivity index (χ1n) is 12.6. The molecule has 8 nitrogen and oxygen atoms in total. The van der Waals surface area contributed by atoms with Crippen LogP contribution in [0, 0.1) is 29.1 Å². The molecule has 1 aliphatic carbocycles. The van der Waals surface area contributed by atoms with E-state index in [9.17, 15) is 14.4 Å². The number of esters is 1. The van der Waals surface area contributed by atoms with Gasteiger partial charge < -0.3 is 20.1 Å². The number of H-pyrrole nitrogens is 1. The number of aromatic nitrogens is 2. The number of nitrogens with zero attached hydrogens (tertiary/aromatic N) is 1. The van der Waals surface area contributed by atoms with E-state index in [4.69, 9.17) is 14.8 Å². The van der Waals surface area contributed by atoms with Crippen LogP contribution < -0.4 is 5.32 Å². The van der Waals surface area contributed by atoms with E-state index >= 15 is 0 Å². The summed E-state index contributed by atoms with van der Waals surface area (Å²) in [4.78, 5) is 43.6. The fourth-order valence-electron chi connectivity index (χ4n) is 5.35. The van der Waals surface area contributed by atoms with Crippen molar-refractivity contribution in [3.8, 4) is 0 Å². The summed E-state index contributed by atoms with van der Waals surface area (Å²) in [5.41, 5.74) is 2.83. The van der Waals surface area contributed by atoms with E-state index in [1.807, 2.05) is 6.07 Å². The molecule has 0 fully saturated rings. The second-order valence-corrected chi connectivity index (χ2v) is 11.2. The number of fused-ring (bicyclic) bond motifs is 1. The topological polar surface area (TPSA) is 121 Å². The molecule has 0 saturated heterocycles. The lowest BCUT2D eigenvalue weighted by atomic mass is 9.69. The molecule has 36 heavy (non-hydrogen) atoms. The van der Waals surface area contributed by atoms with E-state index in [1.54, 1.807) is 26.0 Å². The third kappa shape index (κ3) is 6.95. The third-order valence-electron chi connectivity index (χ3n) is 7.28. The number of carboxylic acids is 1. The van der Waals surface area contributed by atoms with E-state index in [-0.39, 0.29) is 30.6 Å². The maximum atomic E-state index is 12.6. The number of hydrogen-bond acceptors (Lipinski definition) is 5. The number of benzene rings is 1. The standard InChI is InChI=1S/C28H39N3O5/c1-16(2)21-10-19(12-24-30-22-8-7-18(27(35)36-6)11-23(22)31-24)17(3)9-20(21)15-29-25(32)13-28(4,5)14-26(33)34/h7-9,11,16,19-21H,10,12-15H2,1-6H3,(H,29,32)(H,30,31)(H,33,34)/t19-,20-,21-/m0/s1. The van der Waals surface area contributed by atoms with Gasteiger partial charge in [-0.2, -0.15) is 0 Å². The van der Waals surface area contributed by atoms with Crippen molar-refractivity contribution in [2.45, 2.75) is 60.3 Å². The molecule has 3 N–H and O–H groups in total. The van der Waals surface area contributed by atoms with Crippen LogP contribution >= 0.6 is 0 Å². The Morgan fingerprint density at radius 1 is 1.25 bits per heavy atom. The maximum absolute atomic E-state index is 12.6. The fraction of sp³-hybridized carbons (Fsp3) is 0.571. The highest BCUT2D eigenvalue weighted by atomic mass is 16.5. The Balaban J connectivity index is 1.68. The molecule has 1 aromatic carbocycles. The molecule has 2 aromatic rings. The second-order valence-electron chi connectivity index (χ2n) is 11.2. The van der Waals surface area contributed by atoms with E-state index < -0.39 is 11.4 Å². The van der Waals surface area contributed by atoms with Crippen molar-refractivity contribution in [1.29, 1.82) is 0 Å². The number of aromatic amines is 1. The lowest BCUT2D eigenvalue weighted by Crippen LogP contribution is -2.38. The summed E-state index contributed by atoms with van der Waals surface area (Å²) in [6, 6.07) is 5.33. The molecule has 196 valence electrons. The van der Waals surface area contributed by atoms with Crippen LogP contribution in [-0.4, -0.2) is 46.6 Å². The number of aliphatic carboxylic acids is 1. The summed E-state index contributed by atoms with van der Waals surface area (Å²) in [5, 5.41) is 12.1. The van der Waals surface area contributed by atoms with Gasteiger partial charge in [0, 0.05) is 19.4 Å². The van der Waals surface area contributed by atoms with Crippen molar-refractivity contribution in [2.24, 2.45) is 29.1 Å². The Hall–Kier alpha value is -3.16. The molecule has 0 saturated carbocycles. The first-order chi connectivity index (χ1) is 16.9. The molecule has 8 heteroatoms. The summed E-state index contributed by atoms with van der Waals surface area (Å²) >= 11 is 0. The van der Waals surface area contributed by atoms with Crippen molar-refractivity contribution in [1.82, 2.24) is 15.3 Å². The van der Waals surface area contributed by atoms with Crippen LogP contribution in [0.3, 0.4) is 0 Å². The molecule has 0 bridgehead atoms. The number of methoxy groups -OCH3 is 1. The van der Waals surface area contributed by atoms with Gasteiger partial charge in [-0.25, -0.2) is 9.78 Å². The average Bonchev–Trinajstić information content (AvgIpc) is 3.18. The predicted octanol–water partition coefficient (Wildman–Crippen LogP) is 4.75. The van der Waals surface area contributed by atoms with Crippen molar-refractivity contribution < 1.29 is 24.2 Å². The summed E-state index contributed by atoms with van der Waals surface area (Å²) in [7, 11) is 1.37. The number of ether oxygens (including phenoxy) is 1. The zero-order valence-corrected chi connectivity index (χ0v) is 22.2. The molecule has 1 aromatic heterocycles. The van der Waals surface area contributed by atoms with Crippen LogP contribution in [-0.2, 0) is 20.7 Å². The molecular weight excluding hydrogens is 458 g/mol. The summed E-state index contributed by atoms with van der Waals surface area (Å²) in [5.74, 6) is 0.929. The Labute approximate surface area is 212 Å². The van der Waals surface area contributed by atoms with Crippen LogP contribution in [0.4, 0.5) is 0 Å². The van der Waals surface area contributed by atoms with E-state index in [2.05, 4.69) is 37.1 Å². The fourth-order valence-corrected chi connectivity index (χ4v) is 5.35. The summed E-state index contributed by atoms with van der Waals surface area (Å²) < 4.78 is 4.81. The molecule has 1 heterocycles. The van der Waals surface area contributed by atoms with Crippen LogP contribution in [0.15, 0.2) is 29.8 Å². The van der Waals surface area contributed by atoms with Gasteiger partial charge in [0.1, 0.15) is 5.82 Å². The smallest absolute Gasteiger partial charge is 0.337 e. The number of carbonyl (C=O) groups excluding carboxylic acids is 2. The highest BCUT2D eigenvalue weighted by Crippen LogP contribution is 2.38. The van der Waals surface area contributed by atoms with Gasteiger partial charge in [-0.1, -0.05) is 39.3 Å². The van der Waals surface area contributed by atoms with Gasteiger partial charge in [-0.05, 0) is 60.6 Å². The highest BCUT2D eigenvalue weighted by molar-refractivity contribution is 5.93. The Bertz CT molecular complexity index is 1150. The number of allylic oxidation sites excluding steroid dienone is 1. The minimum absolute atomic E-state index is 0.0368. The van der Waals surface area contributed by atoms with Crippen molar-refractivity contribution in [2.75, 3.05) is 13.7 Å². The molecular formula is C28H39N3O5. The minimum Gasteiger partial charge on any atom is -0.481 e. The highest BCUT2D eigenvalue weighted by Gasteiger charge is 2.33. The van der Waals surface area contributed by atoms with Gasteiger partial charge in [0.2, 0.25) is 5.91 Å². The SMILES string of the molecule is COC(=O)c1ccc2nc(C[C@@H]3C[C@@H](C(C)C)[C@H](CNC(=O)CC(C)(C)CC(=O)O)C=C3C)[nH]c2c1. The van der Waals surface area contributed by atoms with Crippen LogP contribution in [0.1, 0.15) is 70.1 Å². The molecule has 1 amide bonds. The molecule has 3 atom stereocenters. The number of carboxylic acid groups (broad SMARTS) is 1. The molecule has 0 spiro atoms. The molecule has 0 unspecified atom stereocenters. The molecule has 1 aliphatic rings. The second kappa shape index (κ2) is 11.3. The molecule has 0 radical (unpaired) electrons. The minimum atomic E-state index is -0.891. The van der Waals surface area contributed by atoms with Crippen LogP contribution in [0.5, 0.6) is 0 Å². The number of imidazole rings is 1. The quantitative estimate of drug-likeness (QED) is 0.322. The predicted molar refractivity (Wildman–Crippen MR) is 138 cm³/mol. The van der Waals surface area contributed by atoms with Gasteiger partial charge in [0.25, 0.3) is 0 Å². The Morgan fingerprint density at radius 3 is 2.61 bits per heavy atom. The normalized spacial score (nSPS) is 20.3. The number of nitrogens with one attached hydrogen (secondary N) is 2. The Morgan fingerprint density at radius 2 is 1.97 bits per heavy atom. The number of hydrogen-bond donors (Lipinski definition) is 3. The van der Waals surface area contributed by atoms with Gasteiger partial charge in [-0.3, -0.25) is 9.59 Å². The monoisotopic (exact) mass is 497 g/mol. The van der Waals surface area contributed by atoms with E-state index in [1.165, 1.54) is 12.7 Å². The molecule has 3 rings (SSSR count). The van der Waals surface area contributed by atoms with Gasteiger partial charge in [-0.15, -0.1) is 0 Å². The van der Waals surface area contributed by atoms with Gasteiger partial charge in [0.05, 0.1) is 30.1 Å². The average molecular weight is 498 g/mol. The maximum Gasteiger partial charge on any atom is 0.337 e. The molecule has 0 aliphatic heterocycles. The zero-order chi connectivity index (χ0) is 26.6. The number of rotatable bonds is 10. The number of amides is 1. The van der Waals surface area contributed by atoms with Crippen molar-refractivity contribution >= 4 is 28.9 Å². The van der Waals surface area contributed by atoms with E-state index in [0.717, 1.165) is 29.7 Å². The van der Waals surface area contributed by atoms with Gasteiger partial charge in [0.15, 0.2) is 0 Å². The number of carbonyl (C=O) groups is 3. The van der Waals surface area contributed by atoms with Crippen LogP contribution in [0.25, 0.3) is 11.0 Å². The lowest BCUT2D eigenvalue weighted by Gasteiger charge is -2.37. The van der Waals surface area contributed by atoms with Crippen LogP contribution in [0.2, 0.25) is 0 Å². The van der Waals surface area contributed by atoms with Crippen molar-refractivity contribution in [3.05, 3.63) is 41.2 Å². The third-order valence-corrected chi connectivity index (χ3v) is 7.28. The summed E-state index contributed by atoms with van der Waals surface area (Å²) in [6.45, 7) is 10.7. The van der Waals surface area contributed by atoms with Gasteiger partial charge >= 0.3 is 11.9 Å². The lowest BCUT2D eigenvalue weighted by molar-refractivity contribution is -0.139. The first-order valence-corrected chi connectivity index (χ1v) is 12.6. The van der Waals surface area contributed by atoms with Crippen molar-refractivity contribution in [3.63, 3.8) is 0 Å². The Kier molecular flexibility index (Phi) is 8.59. The van der Waals surface area contributed by atoms with E-state index in [0.29, 0.717) is 29.9 Å². The first kappa shape index (κ1) is 27.4.